The Balaban J connectivity index is 1.64. The minimum absolute atomic E-state index is 0.0311. The van der Waals surface area contributed by atoms with Crippen molar-refractivity contribution in [1.29, 1.82) is 0 Å². The molecule has 11 heteroatoms. The molecule has 1 atom stereocenters. The van der Waals surface area contributed by atoms with Crippen molar-refractivity contribution in [3.63, 3.8) is 0 Å². The first-order valence-electron chi connectivity index (χ1n) is 12.7. The van der Waals surface area contributed by atoms with Crippen LogP contribution >= 0.6 is 11.3 Å². The Morgan fingerprint density at radius 3 is 2.59 bits per heavy atom. The van der Waals surface area contributed by atoms with Crippen LogP contribution in [-0.2, 0) is 14.3 Å². The lowest BCUT2D eigenvalue weighted by Gasteiger charge is -2.28. The number of ether oxygens (including phenoxy) is 2. The molecule has 2 aliphatic heterocycles. The normalized spacial score (nSPS) is 17.6. The zero-order valence-electron chi connectivity index (χ0n) is 21.9. The van der Waals surface area contributed by atoms with Crippen LogP contribution in [0.25, 0.3) is 6.08 Å². The van der Waals surface area contributed by atoms with Gasteiger partial charge in [-0.3, -0.25) is 19.5 Å². The van der Waals surface area contributed by atoms with Gasteiger partial charge in [-0.05, 0) is 44.0 Å². The number of nitro groups is 1. The lowest BCUT2D eigenvalue weighted by molar-refractivity contribution is -0.384. The summed E-state index contributed by atoms with van der Waals surface area (Å²) in [4.78, 5) is 45.3. The van der Waals surface area contributed by atoms with E-state index in [-0.39, 0.29) is 17.9 Å². The molecule has 2 aliphatic rings. The van der Waals surface area contributed by atoms with Crippen molar-refractivity contribution < 1.29 is 19.2 Å². The molecule has 10 nitrogen and oxygen atoms in total. The standard InChI is InChI=1S/C28H28N4O6S/c1-4-38-27(34)24-18(3)29-28-31(25(24)20-8-5-17(2)6-9-20)26(33)23(39-28)16-19-7-10-21(22(15-19)32(35)36)30-11-13-37-14-12-30/h5-10,15-16,25H,4,11-14H2,1-3H3/b23-16+/t25-/m1/s1. The first-order valence-corrected chi connectivity index (χ1v) is 13.5. The molecule has 1 saturated heterocycles. The number of aromatic nitrogens is 1. The molecule has 1 aromatic heterocycles. The fourth-order valence-corrected chi connectivity index (χ4v) is 5.90. The highest BCUT2D eigenvalue weighted by Crippen LogP contribution is 2.32. The third-order valence-electron chi connectivity index (χ3n) is 6.76. The molecule has 0 N–H and O–H groups in total. The summed E-state index contributed by atoms with van der Waals surface area (Å²) in [6.07, 6.45) is 1.63. The minimum Gasteiger partial charge on any atom is -0.463 e. The Kier molecular flexibility index (Phi) is 7.45. The maximum Gasteiger partial charge on any atom is 0.338 e. The van der Waals surface area contributed by atoms with Crippen LogP contribution in [0.4, 0.5) is 11.4 Å². The second-order valence-corrected chi connectivity index (χ2v) is 10.3. The van der Waals surface area contributed by atoms with Gasteiger partial charge in [-0.25, -0.2) is 9.79 Å². The van der Waals surface area contributed by atoms with Crippen LogP contribution in [0.15, 0.2) is 63.5 Å². The molecule has 3 heterocycles. The summed E-state index contributed by atoms with van der Waals surface area (Å²) in [5.74, 6) is -0.520. The quantitative estimate of drug-likeness (QED) is 0.264. The number of esters is 1. The molecule has 0 unspecified atom stereocenters. The summed E-state index contributed by atoms with van der Waals surface area (Å²) >= 11 is 1.18. The number of fused-ring (bicyclic) bond motifs is 1. The van der Waals surface area contributed by atoms with Crippen LogP contribution < -0.4 is 19.8 Å². The Bertz CT molecular complexity index is 1650. The first-order chi connectivity index (χ1) is 18.8. The molecule has 0 radical (unpaired) electrons. The predicted octanol–water partition coefficient (Wildman–Crippen LogP) is 2.85. The van der Waals surface area contributed by atoms with Gasteiger partial charge in [-0.2, -0.15) is 0 Å². The predicted molar refractivity (Wildman–Crippen MR) is 148 cm³/mol. The second kappa shape index (κ2) is 11.0. The third-order valence-corrected chi connectivity index (χ3v) is 7.74. The van der Waals surface area contributed by atoms with E-state index in [9.17, 15) is 19.7 Å². The fourth-order valence-electron chi connectivity index (χ4n) is 4.86. The van der Waals surface area contributed by atoms with E-state index in [0.29, 0.717) is 58.2 Å². The van der Waals surface area contributed by atoms with Crippen LogP contribution in [-0.4, -0.2) is 48.4 Å². The zero-order valence-corrected chi connectivity index (χ0v) is 22.7. The second-order valence-electron chi connectivity index (χ2n) is 9.32. The molecule has 0 bridgehead atoms. The zero-order chi connectivity index (χ0) is 27.7. The van der Waals surface area contributed by atoms with Gasteiger partial charge in [-0.1, -0.05) is 47.2 Å². The SMILES string of the molecule is CCOC(=O)C1=C(C)N=c2s/c(=C/c3ccc(N4CCOCC4)c([N+](=O)[O-])c3)c(=O)n2[C@@H]1c1ccc(C)cc1. The number of nitro benzene ring substituents is 1. The summed E-state index contributed by atoms with van der Waals surface area (Å²) in [6, 6.07) is 11.9. The van der Waals surface area contributed by atoms with Gasteiger partial charge in [0.2, 0.25) is 0 Å². The number of nitrogens with zero attached hydrogens (tertiary/aromatic N) is 4. The average molecular weight is 549 g/mol. The van der Waals surface area contributed by atoms with Crippen LogP contribution in [0.2, 0.25) is 0 Å². The maximum atomic E-state index is 13.8. The van der Waals surface area contributed by atoms with Crippen LogP contribution in [0.1, 0.15) is 36.6 Å². The maximum absolute atomic E-state index is 13.8. The van der Waals surface area contributed by atoms with Gasteiger partial charge in [0.15, 0.2) is 4.80 Å². The van der Waals surface area contributed by atoms with Crippen molar-refractivity contribution in [3.05, 3.63) is 100 Å². The molecule has 2 aromatic carbocycles. The van der Waals surface area contributed by atoms with Gasteiger partial charge in [0.05, 0.1) is 46.6 Å². The molecule has 1 fully saturated rings. The Hall–Kier alpha value is -4.09. The number of thiazole rings is 1. The smallest absolute Gasteiger partial charge is 0.338 e. The van der Waals surface area contributed by atoms with E-state index < -0.39 is 16.9 Å². The van der Waals surface area contributed by atoms with Crippen molar-refractivity contribution in [2.24, 2.45) is 4.99 Å². The van der Waals surface area contributed by atoms with Crippen molar-refractivity contribution in [1.82, 2.24) is 4.57 Å². The van der Waals surface area contributed by atoms with E-state index in [1.807, 2.05) is 36.1 Å². The number of carbonyl (C=O) groups is 1. The molecule has 0 aliphatic carbocycles. The van der Waals surface area contributed by atoms with Gasteiger partial charge in [-0.15, -0.1) is 0 Å². The molecule has 0 amide bonds. The summed E-state index contributed by atoms with van der Waals surface area (Å²) < 4.78 is 12.6. The average Bonchev–Trinajstić information content (AvgIpc) is 3.23. The fraction of sp³-hybridized carbons (Fsp3) is 0.321. The Morgan fingerprint density at radius 1 is 1.21 bits per heavy atom. The van der Waals surface area contributed by atoms with E-state index in [1.165, 1.54) is 22.0 Å². The van der Waals surface area contributed by atoms with E-state index in [1.54, 1.807) is 32.1 Å². The number of morpholine rings is 1. The van der Waals surface area contributed by atoms with Crippen molar-refractivity contribution in [2.45, 2.75) is 26.8 Å². The number of rotatable bonds is 6. The minimum atomic E-state index is -0.707. The highest BCUT2D eigenvalue weighted by atomic mass is 32.1. The number of allylic oxidation sites excluding steroid dienone is 1. The summed E-state index contributed by atoms with van der Waals surface area (Å²) in [6.45, 7) is 7.78. The number of hydrogen-bond acceptors (Lipinski definition) is 9. The highest BCUT2D eigenvalue weighted by Gasteiger charge is 2.33. The van der Waals surface area contributed by atoms with E-state index in [2.05, 4.69) is 4.99 Å². The Labute approximate surface area is 228 Å². The van der Waals surface area contributed by atoms with Gasteiger partial charge < -0.3 is 14.4 Å². The third kappa shape index (κ3) is 5.15. The molecule has 0 saturated carbocycles. The Morgan fingerprint density at radius 2 is 1.92 bits per heavy atom. The monoisotopic (exact) mass is 548 g/mol. The summed E-state index contributed by atoms with van der Waals surface area (Å²) in [5.41, 5.74) is 3.29. The number of benzene rings is 2. The molecular formula is C28H28N4O6S. The number of aryl methyl sites for hydroxylation is 1. The lowest BCUT2D eigenvalue weighted by Crippen LogP contribution is -2.39. The van der Waals surface area contributed by atoms with Gasteiger partial charge in [0, 0.05) is 19.2 Å². The largest absolute Gasteiger partial charge is 0.463 e. The molecule has 202 valence electrons. The molecular weight excluding hydrogens is 520 g/mol. The molecule has 39 heavy (non-hydrogen) atoms. The summed E-state index contributed by atoms with van der Waals surface area (Å²) in [7, 11) is 0. The van der Waals surface area contributed by atoms with Gasteiger partial charge >= 0.3 is 5.97 Å². The van der Waals surface area contributed by atoms with Gasteiger partial charge in [0.25, 0.3) is 11.2 Å². The van der Waals surface area contributed by atoms with Crippen molar-refractivity contribution in [2.75, 3.05) is 37.8 Å². The highest BCUT2D eigenvalue weighted by molar-refractivity contribution is 7.07. The van der Waals surface area contributed by atoms with E-state index >= 15 is 0 Å². The van der Waals surface area contributed by atoms with Crippen LogP contribution in [0.5, 0.6) is 0 Å². The van der Waals surface area contributed by atoms with Crippen molar-refractivity contribution in [3.8, 4) is 0 Å². The van der Waals surface area contributed by atoms with Gasteiger partial charge in [0.1, 0.15) is 5.69 Å². The van der Waals surface area contributed by atoms with E-state index in [4.69, 9.17) is 9.47 Å². The number of carbonyl (C=O) groups excluding carboxylic acids is 1. The molecule has 0 spiro atoms. The first kappa shape index (κ1) is 26.5. The van der Waals surface area contributed by atoms with Crippen LogP contribution in [0, 0.1) is 17.0 Å². The molecule has 5 rings (SSSR count). The number of anilines is 1. The number of hydrogen-bond donors (Lipinski definition) is 0. The van der Waals surface area contributed by atoms with E-state index in [0.717, 1.165) is 11.1 Å². The van der Waals surface area contributed by atoms with Crippen molar-refractivity contribution >= 4 is 34.8 Å². The molecule has 3 aromatic rings. The lowest BCUT2D eigenvalue weighted by atomic mass is 9.95. The van der Waals surface area contributed by atoms with Crippen LogP contribution in [0.3, 0.4) is 0 Å². The summed E-state index contributed by atoms with van der Waals surface area (Å²) in [5, 5.41) is 11.9. The topological polar surface area (TPSA) is 116 Å².